The average molecular weight is 288 g/mol. The van der Waals surface area contributed by atoms with Crippen LogP contribution in [0.25, 0.3) is 0 Å². The number of halogens is 2. The molecule has 0 aromatic carbocycles. The zero-order chi connectivity index (χ0) is 15.6. The minimum Gasteiger partial charge on any atom is -0.383 e. The Kier molecular flexibility index (Phi) is 3.35. The van der Waals surface area contributed by atoms with E-state index in [4.69, 9.17) is 12.9 Å². The van der Waals surface area contributed by atoms with E-state index in [-0.39, 0.29) is 23.8 Å². The van der Waals surface area contributed by atoms with Crippen LogP contribution in [-0.2, 0) is 0 Å². The highest BCUT2D eigenvalue weighted by molar-refractivity contribution is 5.96. The summed E-state index contributed by atoms with van der Waals surface area (Å²) in [5, 5.41) is 2.49. The number of primary amides is 1. The number of alkyl halides is 2. The monoisotopic (exact) mass is 288 g/mol. The average Bonchev–Trinajstić information content (AvgIpc) is 2.42. The number of carbonyl (C=O) groups is 1. The lowest BCUT2D eigenvalue weighted by Gasteiger charge is -2.36. The second-order valence-electron chi connectivity index (χ2n) is 4.76. The van der Waals surface area contributed by atoms with Gasteiger partial charge in [0.05, 0.1) is 5.56 Å². The molecule has 1 aliphatic rings. The van der Waals surface area contributed by atoms with Crippen LogP contribution in [0.5, 0.6) is 0 Å². The first-order valence-electron chi connectivity index (χ1n) is 6.59. The molecule has 0 spiro atoms. The Morgan fingerprint density at radius 2 is 2.35 bits per heavy atom. The zero-order valence-electron chi connectivity index (χ0n) is 11.6. The molecule has 0 radical (unpaired) electrons. The Labute approximate surface area is 115 Å². The molecule has 20 heavy (non-hydrogen) atoms. The maximum atomic E-state index is 13.9. The normalized spacial score (nSPS) is 25.6. The minimum absolute atomic E-state index is 0.102. The van der Waals surface area contributed by atoms with Gasteiger partial charge in [-0.1, -0.05) is 0 Å². The number of nitrogens with one attached hydrogen (secondary N) is 1. The van der Waals surface area contributed by atoms with Crippen molar-refractivity contribution in [1.82, 2.24) is 9.97 Å². The number of aromatic nitrogens is 2. The molecule has 0 aliphatic heterocycles. The molecule has 0 bridgehead atoms. The summed E-state index contributed by atoms with van der Waals surface area (Å²) in [5.74, 6) is -4.10. The van der Waals surface area contributed by atoms with Gasteiger partial charge in [0, 0.05) is 18.7 Å². The number of rotatable bonds is 4. The Balaban J connectivity index is 2.24. The van der Waals surface area contributed by atoms with Crippen molar-refractivity contribution in [3.05, 3.63) is 11.8 Å². The summed E-state index contributed by atoms with van der Waals surface area (Å²) in [6.07, 6.45) is 1.63. The van der Waals surface area contributed by atoms with E-state index in [0.29, 0.717) is 12.8 Å². The summed E-state index contributed by atoms with van der Waals surface area (Å²) in [4.78, 5) is 18.7. The van der Waals surface area contributed by atoms with Gasteiger partial charge >= 0.3 is 0 Å². The minimum atomic E-state index is -2.97. The topological polar surface area (TPSA) is 133 Å². The fraction of sp³-hybridized carbons (Fsp3) is 0.545. The van der Waals surface area contributed by atoms with Gasteiger partial charge in [0.2, 0.25) is 5.95 Å². The molecule has 7 nitrogen and oxygen atoms in total. The second kappa shape index (κ2) is 5.16. The van der Waals surface area contributed by atoms with E-state index >= 15 is 0 Å². The predicted octanol–water partition coefficient (Wildman–Crippen LogP) is 0.0847. The first kappa shape index (κ1) is 13.0. The quantitative estimate of drug-likeness (QED) is 0.620. The van der Waals surface area contributed by atoms with E-state index < -0.39 is 23.9 Å². The first-order valence-corrected chi connectivity index (χ1v) is 6.09. The summed E-state index contributed by atoms with van der Waals surface area (Å²) in [6, 6.07) is -2.04. The maximum Gasteiger partial charge on any atom is 0.269 e. The lowest BCUT2D eigenvalue weighted by Crippen LogP contribution is -2.55. The number of hydrogen-bond acceptors (Lipinski definition) is 6. The van der Waals surface area contributed by atoms with Crippen LogP contribution in [0.3, 0.4) is 0 Å². The number of carbonyl (C=O) groups excluding carboxylic acids is 1. The third kappa shape index (κ3) is 2.77. The van der Waals surface area contributed by atoms with E-state index in [1.807, 2.05) is 5.73 Å². The molecule has 1 saturated carbocycles. The van der Waals surface area contributed by atoms with Gasteiger partial charge in [-0.25, -0.2) is 13.8 Å². The van der Waals surface area contributed by atoms with Gasteiger partial charge in [-0.3, -0.25) is 4.79 Å². The molecule has 1 amide bonds. The summed E-state index contributed by atoms with van der Waals surface area (Å²) in [6.45, 7) is 0. The van der Waals surface area contributed by atoms with Gasteiger partial charge in [0.1, 0.15) is 11.9 Å². The van der Waals surface area contributed by atoms with Crippen molar-refractivity contribution in [2.45, 2.75) is 37.3 Å². The van der Waals surface area contributed by atoms with Gasteiger partial charge < -0.3 is 22.5 Å². The summed E-state index contributed by atoms with van der Waals surface area (Å²) in [7, 11) is 0. The first-order chi connectivity index (χ1) is 9.85. The molecule has 110 valence electrons. The highest BCUT2D eigenvalue weighted by atomic mass is 19.3. The van der Waals surface area contributed by atoms with Crippen LogP contribution in [0.15, 0.2) is 6.20 Å². The molecule has 2 unspecified atom stereocenters. The molecule has 0 saturated heterocycles. The van der Waals surface area contributed by atoms with Crippen LogP contribution in [-0.4, -0.2) is 33.9 Å². The van der Waals surface area contributed by atoms with Crippen LogP contribution in [0, 0.1) is 0 Å². The van der Waals surface area contributed by atoms with Crippen molar-refractivity contribution in [3.63, 3.8) is 0 Å². The van der Waals surface area contributed by atoms with Gasteiger partial charge in [0.15, 0.2) is 1.41 Å². The molecule has 1 aliphatic carbocycles. The Bertz CT molecular complexity index is 543. The van der Waals surface area contributed by atoms with E-state index in [2.05, 4.69) is 15.3 Å². The van der Waals surface area contributed by atoms with Gasteiger partial charge in [-0.2, -0.15) is 4.98 Å². The van der Waals surface area contributed by atoms with E-state index in [1.165, 1.54) is 0 Å². The van der Waals surface area contributed by atoms with Gasteiger partial charge in [-0.15, -0.1) is 0 Å². The number of nitrogen functional groups attached to an aromatic ring is 1. The highest BCUT2D eigenvalue weighted by Crippen LogP contribution is 2.34. The van der Waals surface area contributed by atoms with E-state index in [1.54, 1.807) is 0 Å². The van der Waals surface area contributed by atoms with E-state index in [9.17, 15) is 13.6 Å². The summed E-state index contributed by atoms with van der Waals surface area (Å²) >= 11 is 0. The molecule has 1 fully saturated rings. The highest BCUT2D eigenvalue weighted by Gasteiger charge is 2.46. The SMILES string of the molecule is [3H]Nc1nc(NC2C(N)CCCC2(F)F)ncc1C(N)=O. The molecule has 2 rings (SSSR count). The lowest BCUT2D eigenvalue weighted by atomic mass is 9.87. The Morgan fingerprint density at radius 3 is 2.95 bits per heavy atom. The zero-order valence-corrected chi connectivity index (χ0v) is 10.6. The van der Waals surface area contributed by atoms with Crippen molar-refractivity contribution in [2.24, 2.45) is 11.5 Å². The third-order valence-corrected chi connectivity index (χ3v) is 3.27. The number of amides is 1. The molecule has 1 aromatic heterocycles. The molecule has 2 atom stereocenters. The van der Waals surface area contributed by atoms with Gasteiger partial charge in [0.25, 0.3) is 11.8 Å². The fourth-order valence-electron chi connectivity index (χ4n) is 2.19. The van der Waals surface area contributed by atoms with Crippen molar-refractivity contribution in [2.75, 3.05) is 11.0 Å². The van der Waals surface area contributed by atoms with Crippen LogP contribution < -0.4 is 22.5 Å². The number of nitrogens with two attached hydrogens (primary N) is 3. The van der Waals surface area contributed by atoms with Crippen molar-refractivity contribution in [1.29, 1.82) is 0 Å². The number of hydrogen-bond donors (Lipinski definition) is 4. The Morgan fingerprint density at radius 1 is 1.60 bits per heavy atom. The molecule has 9 heteroatoms. The number of anilines is 2. The summed E-state index contributed by atoms with van der Waals surface area (Å²) in [5.41, 5.74) is 12.6. The lowest BCUT2D eigenvalue weighted by molar-refractivity contribution is -0.0513. The van der Waals surface area contributed by atoms with Crippen molar-refractivity contribution < 1.29 is 15.0 Å². The predicted molar refractivity (Wildman–Crippen MR) is 69.1 cm³/mol. The molecule has 1 aromatic rings. The van der Waals surface area contributed by atoms with Crippen LogP contribution >= 0.6 is 0 Å². The fourth-order valence-corrected chi connectivity index (χ4v) is 2.19. The second-order valence-corrected chi connectivity index (χ2v) is 4.76. The third-order valence-electron chi connectivity index (χ3n) is 3.27. The van der Waals surface area contributed by atoms with Gasteiger partial charge in [-0.05, 0) is 12.8 Å². The molecular weight excluding hydrogens is 270 g/mol. The maximum absolute atomic E-state index is 13.9. The molecular formula is C11H16F2N6O. The van der Waals surface area contributed by atoms with Crippen LogP contribution in [0.2, 0.25) is 1.41 Å². The largest absolute Gasteiger partial charge is 0.383 e. The van der Waals surface area contributed by atoms with Crippen molar-refractivity contribution >= 4 is 17.7 Å². The Hall–Kier alpha value is -2.03. The summed E-state index contributed by atoms with van der Waals surface area (Å²) < 4.78 is 34.8. The molecule has 1 heterocycles. The van der Waals surface area contributed by atoms with Crippen LogP contribution in [0.1, 0.15) is 29.6 Å². The standard InChI is InChI=1S/C11H16F2N6O/c12-11(13)3-1-2-6(14)7(11)18-10-17-4-5(9(16)20)8(15)19-10/h4,6-7H,1-3,14H2,(H2,16,20)(H3,15,17,18,19)/i/hT. The molecule has 7 N–H and O–H groups in total. The van der Waals surface area contributed by atoms with Crippen LogP contribution in [0.4, 0.5) is 20.5 Å². The van der Waals surface area contributed by atoms with Crippen molar-refractivity contribution in [3.8, 4) is 0 Å². The number of nitrogens with zero attached hydrogens (tertiary/aromatic N) is 2. The smallest absolute Gasteiger partial charge is 0.269 e. The van der Waals surface area contributed by atoms with E-state index in [0.717, 1.165) is 6.20 Å².